The van der Waals surface area contributed by atoms with Gasteiger partial charge in [-0.15, -0.1) is 0 Å². The molecule has 1 aromatic carbocycles. The van der Waals surface area contributed by atoms with E-state index in [2.05, 4.69) is 59.7 Å². The minimum atomic E-state index is 0.576. The second kappa shape index (κ2) is 6.19. The standard InChI is InChI=1S/C18H22N2/c1-2-20-18(12-14-8-10-19-11-9-14)17-13-16(17)15-6-4-3-5-7-15/h3-11,16-18,20H,2,12-13H2,1H3. The first-order valence-electron chi connectivity index (χ1n) is 7.55. The van der Waals surface area contributed by atoms with Crippen molar-refractivity contribution < 1.29 is 0 Å². The molecule has 0 aliphatic heterocycles. The van der Waals surface area contributed by atoms with Crippen molar-refractivity contribution in [2.45, 2.75) is 31.7 Å². The van der Waals surface area contributed by atoms with Gasteiger partial charge in [-0.25, -0.2) is 0 Å². The monoisotopic (exact) mass is 266 g/mol. The molecule has 1 N–H and O–H groups in total. The first-order valence-corrected chi connectivity index (χ1v) is 7.55. The number of rotatable bonds is 6. The molecule has 0 amide bonds. The number of benzene rings is 1. The van der Waals surface area contributed by atoms with E-state index in [0.29, 0.717) is 6.04 Å². The molecule has 2 nitrogen and oxygen atoms in total. The second-order valence-electron chi connectivity index (χ2n) is 5.64. The highest BCUT2D eigenvalue weighted by atomic mass is 14.9. The summed E-state index contributed by atoms with van der Waals surface area (Å²) in [5.74, 6) is 1.51. The molecular weight excluding hydrogens is 244 g/mol. The van der Waals surface area contributed by atoms with Gasteiger partial charge in [0.2, 0.25) is 0 Å². The molecular formula is C18H22N2. The lowest BCUT2D eigenvalue weighted by Crippen LogP contribution is -2.33. The van der Waals surface area contributed by atoms with Crippen LogP contribution >= 0.6 is 0 Å². The minimum absolute atomic E-state index is 0.576. The van der Waals surface area contributed by atoms with Crippen molar-refractivity contribution in [1.82, 2.24) is 10.3 Å². The van der Waals surface area contributed by atoms with Crippen LogP contribution < -0.4 is 5.32 Å². The third-order valence-electron chi connectivity index (χ3n) is 4.26. The van der Waals surface area contributed by atoms with Crippen molar-refractivity contribution in [2.24, 2.45) is 5.92 Å². The van der Waals surface area contributed by atoms with Crippen LogP contribution in [0.15, 0.2) is 54.9 Å². The van der Waals surface area contributed by atoms with E-state index in [1.807, 2.05) is 12.4 Å². The summed E-state index contributed by atoms with van der Waals surface area (Å²) in [5, 5.41) is 3.67. The number of hydrogen-bond donors (Lipinski definition) is 1. The Morgan fingerprint density at radius 2 is 1.90 bits per heavy atom. The van der Waals surface area contributed by atoms with Crippen molar-refractivity contribution in [2.75, 3.05) is 6.54 Å². The summed E-state index contributed by atoms with van der Waals surface area (Å²) in [6, 6.07) is 15.8. The van der Waals surface area contributed by atoms with Crippen LogP contribution in [0.5, 0.6) is 0 Å². The highest BCUT2D eigenvalue weighted by Crippen LogP contribution is 2.50. The molecule has 1 aliphatic carbocycles. The summed E-state index contributed by atoms with van der Waals surface area (Å²) in [6.45, 7) is 3.23. The van der Waals surface area contributed by atoms with Gasteiger partial charge in [0, 0.05) is 18.4 Å². The normalized spacial score (nSPS) is 22.4. The summed E-state index contributed by atoms with van der Waals surface area (Å²) in [5.41, 5.74) is 2.87. The van der Waals surface area contributed by atoms with Crippen molar-refractivity contribution in [3.05, 3.63) is 66.0 Å². The van der Waals surface area contributed by atoms with Crippen molar-refractivity contribution in [1.29, 1.82) is 0 Å². The highest BCUT2D eigenvalue weighted by Gasteiger charge is 2.43. The Bertz CT molecular complexity index is 524. The van der Waals surface area contributed by atoms with E-state index in [1.165, 1.54) is 17.5 Å². The molecule has 1 aliphatic rings. The number of nitrogens with zero attached hydrogens (tertiary/aromatic N) is 1. The average Bonchev–Trinajstić information content (AvgIpc) is 3.29. The summed E-state index contributed by atoms with van der Waals surface area (Å²) in [7, 11) is 0. The van der Waals surface area contributed by atoms with E-state index < -0.39 is 0 Å². The molecule has 0 radical (unpaired) electrons. The van der Waals surface area contributed by atoms with Gasteiger partial charge in [0.1, 0.15) is 0 Å². The fraction of sp³-hybridized carbons (Fsp3) is 0.389. The Kier molecular flexibility index (Phi) is 4.12. The first kappa shape index (κ1) is 13.3. The van der Waals surface area contributed by atoms with Gasteiger partial charge >= 0.3 is 0 Å². The van der Waals surface area contributed by atoms with Crippen LogP contribution in [0.4, 0.5) is 0 Å². The van der Waals surface area contributed by atoms with E-state index in [-0.39, 0.29) is 0 Å². The van der Waals surface area contributed by atoms with Crippen molar-refractivity contribution >= 4 is 0 Å². The molecule has 1 fully saturated rings. The molecule has 3 rings (SSSR count). The molecule has 0 bridgehead atoms. The fourth-order valence-electron chi connectivity index (χ4n) is 3.15. The summed E-state index contributed by atoms with van der Waals surface area (Å²) < 4.78 is 0. The SMILES string of the molecule is CCNC(Cc1ccncc1)C1CC1c1ccccc1. The molecule has 0 saturated heterocycles. The Labute approximate surface area is 121 Å². The molecule has 1 heterocycles. The topological polar surface area (TPSA) is 24.9 Å². The number of likely N-dealkylation sites (N-methyl/N-ethyl adjacent to an activating group) is 1. The zero-order valence-electron chi connectivity index (χ0n) is 12.0. The maximum absolute atomic E-state index is 4.10. The first-order chi connectivity index (χ1) is 9.88. The molecule has 2 heteroatoms. The van der Waals surface area contributed by atoms with E-state index in [9.17, 15) is 0 Å². The van der Waals surface area contributed by atoms with Crippen LogP contribution in [0.1, 0.15) is 30.4 Å². The Morgan fingerprint density at radius 1 is 1.15 bits per heavy atom. The van der Waals surface area contributed by atoms with E-state index >= 15 is 0 Å². The highest BCUT2D eigenvalue weighted by molar-refractivity contribution is 5.27. The average molecular weight is 266 g/mol. The van der Waals surface area contributed by atoms with Gasteiger partial charge in [-0.3, -0.25) is 4.98 Å². The van der Waals surface area contributed by atoms with Crippen LogP contribution in [0.25, 0.3) is 0 Å². The maximum Gasteiger partial charge on any atom is 0.0270 e. The Hall–Kier alpha value is -1.67. The van der Waals surface area contributed by atoms with Crippen molar-refractivity contribution in [3.8, 4) is 0 Å². The van der Waals surface area contributed by atoms with E-state index in [0.717, 1.165) is 24.8 Å². The van der Waals surface area contributed by atoms with Gasteiger partial charge in [0.25, 0.3) is 0 Å². The molecule has 20 heavy (non-hydrogen) atoms. The minimum Gasteiger partial charge on any atom is -0.314 e. The lowest BCUT2D eigenvalue weighted by molar-refractivity contribution is 0.464. The zero-order valence-corrected chi connectivity index (χ0v) is 12.0. The summed E-state index contributed by atoms with van der Waals surface area (Å²) >= 11 is 0. The quantitative estimate of drug-likeness (QED) is 0.866. The molecule has 0 spiro atoms. The van der Waals surface area contributed by atoms with Crippen LogP contribution in [0, 0.1) is 5.92 Å². The largest absolute Gasteiger partial charge is 0.314 e. The van der Waals surface area contributed by atoms with Gasteiger partial charge < -0.3 is 5.32 Å². The number of nitrogens with one attached hydrogen (secondary N) is 1. The van der Waals surface area contributed by atoms with E-state index in [1.54, 1.807) is 0 Å². The third-order valence-corrected chi connectivity index (χ3v) is 4.26. The molecule has 3 unspecified atom stereocenters. The molecule has 1 aromatic heterocycles. The zero-order chi connectivity index (χ0) is 13.8. The van der Waals surface area contributed by atoms with Crippen molar-refractivity contribution in [3.63, 3.8) is 0 Å². The lowest BCUT2D eigenvalue weighted by atomic mass is 9.99. The summed E-state index contributed by atoms with van der Waals surface area (Å²) in [4.78, 5) is 4.10. The number of hydrogen-bond acceptors (Lipinski definition) is 2. The van der Waals surface area contributed by atoms with Gasteiger partial charge in [-0.1, -0.05) is 37.3 Å². The Balaban J connectivity index is 1.67. The molecule has 3 atom stereocenters. The predicted octanol–water partition coefficient (Wildman–Crippen LogP) is 3.41. The lowest BCUT2D eigenvalue weighted by Gasteiger charge is -2.18. The third kappa shape index (κ3) is 3.07. The van der Waals surface area contributed by atoms with Crippen LogP contribution in [0.3, 0.4) is 0 Å². The van der Waals surface area contributed by atoms with Gasteiger partial charge in [-0.05, 0) is 54.5 Å². The smallest absolute Gasteiger partial charge is 0.0270 e. The number of pyridine rings is 1. The number of aromatic nitrogens is 1. The molecule has 104 valence electrons. The van der Waals surface area contributed by atoms with Crippen LogP contribution in [-0.4, -0.2) is 17.6 Å². The molecule has 1 saturated carbocycles. The second-order valence-corrected chi connectivity index (χ2v) is 5.64. The Morgan fingerprint density at radius 3 is 2.60 bits per heavy atom. The maximum atomic E-state index is 4.10. The van der Waals surface area contributed by atoms with Gasteiger partial charge in [0.05, 0.1) is 0 Å². The molecule has 2 aromatic rings. The fourth-order valence-corrected chi connectivity index (χ4v) is 3.15. The van der Waals surface area contributed by atoms with Gasteiger partial charge in [0.15, 0.2) is 0 Å². The van der Waals surface area contributed by atoms with Crippen LogP contribution in [0.2, 0.25) is 0 Å². The van der Waals surface area contributed by atoms with E-state index in [4.69, 9.17) is 0 Å². The van der Waals surface area contributed by atoms with Gasteiger partial charge in [-0.2, -0.15) is 0 Å². The summed E-state index contributed by atoms with van der Waals surface area (Å²) in [6.07, 6.45) is 6.19. The predicted molar refractivity (Wildman–Crippen MR) is 82.7 cm³/mol. The van der Waals surface area contributed by atoms with Crippen LogP contribution in [-0.2, 0) is 6.42 Å².